The molecule has 0 aliphatic carbocycles. The van der Waals surface area contributed by atoms with Gasteiger partial charge in [0.25, 0.3) is 5.91 Å². The molecular weight excluding hydrogens is 396 g/mol. The van der Waals surface area contributed by atoms with Gasteiger partial charge in [-0.15, -0.1) is 0 Å². The number of hydrogen-bond acceptors (Lipinski definition) is 4. The van der Waals surface area contributed by atoms with Crippen LogP contribution in [0.3, 0.4) is 0 Å². The van der Waals surface area contributed by atoms with Crippen LogP contribution in [0.5, 0.6) is 0 Å². The maximum absolute atomic E-state index is 12.6. The fourth-order valence-electron chi connectivity index (χ4n) is 2.85. The summed E-state index contributed by atoms with van der Waals surface area (Å²) in [6, 6.07) is 8.25. The zero-order chi connectivity index (χ0) is 20.5. The first-order valence-electron chi connectivity index (χ1n) is 9.25. The van der Waals surface area contributed by atoms with Gasteiger partial charge in [0.2, 0.25) is 5.91 Å². The number of nitrogens with one attached hydrogen (secondary N) is 2. The average molecular weight is 423 g/mol. The molecule has 1 heterocycles. The van der Waals surface area contributed by atoms with Gasteiger partial charge in [0.05, 0.1) is 16.3 Å². The molecule has 0 saturated carbocycles. The van der Waals surface area contributed by atoms with Gasteiger partial charge in [-0.05, 0) is 56.9 Å². The Morgan fingerprint density at radius 1 is 1.29 bits per heavy atom. The number of carbonyl (C=O) groups excluding carboxylic acids is 2. The van der Waals surface area contributed by atoms with Crippen molar-refractivity contribution in [1.29, 1.82) is 0 Å². The summed E-state index contributed by atoms with van der Waals surface area (Å²) >= 11 is 7.72. The van der Waals surface area contributed by atoms with E-state index in [4.69, 9.17) is 11.6 Å². The first-order valence-corrected chi connectivity index (χ1v) is 11.0. The molecule has 1 aromatic carbocycles. The molecule has 0 spiro atoms. The Bertz CT molecular complexity index is 809. The second kappa shape index (κ2) is 11.1. The zero-order valence-electron chi connectivity index (χ0n) is 16.5. The number of aromatic nitrogens is 2. The summed E-state index contributed by atoms with van der Waals surface area (Å²) in [7, 11) is 0. The van der Waals surface area contributed by atoms with Gasteiger partial charge in [0.15, 0.2) is 0 Å². The van der Waals surface area contributed by atoms with E-state index in [1.165, 1.54) is 0 Å². The molecule has 2 rings (SSSR count). The largest absolute Gasteiger partial charge is 0.354 e. The van der Waals surface area contributed by atoms with E-state index in [0.29, 0.717) is 23.6 Å². The van der Waals surface area contributed by atoms with Gasteiger partial charge in [0, 0.05) is 18.8 Å². The van der Waals surface area contributed by atoms with E-state index in [-0.39, 0.29) is 11.8 Å². The summed E-state index contributed by atoms with van der Waals surface area (Å²) in [6.07, 6.45) is 3.29. The summed E-state index contributed by atoms with van der Waals surface area (Å²) in [4.78, 5) is 25.1. The van der Waals surface area contributed by atoms with E-state index in [1.54, 1.807) is 36.0 Å². The van der Waals surface area contributed by atoms with Crippen molar-refractivity contribution in [3.63, 3.8) is 0 Å². The molecule has 1 atom stereocenters. The Kier molecular flexibility index (Phi) is 8.86. The second-order valence-corrected chi connectivity index (χ2v) is 7.97. The summed E-state index contributed by atoms with van der Waals surface area (Å²) in [5, 5.41) is 10.5. The van der Waals surface area contributed by atoms with Crippen molar-refractivity contribution in [3.05, 3.63) is 52.3 Å². The highest BCUT2D eigenvalue weighted by atomic mass is 35.5. The molecule has 1 aromatic heterocycles. The standard InChI is InChI=1S/C20H27ClN4O2S/c1-14-13-15(2)25(24-14)11-6-10-22-20(27)18(9-12-28-3)23-19(26)16-7-4-5-8-17(16)21/h4-5,7-8,13,18H,6,9-12H2,1-3H3,(H,22,27)(H,23,26). The minimum atomic E-state index is -0.593. The van der Waals surface area contributed by atoms with E-state index in [9.17, 15) is 9.59 Å². The lowest BCUT2D eigenvalue weighted by Crippen LogP contribution is -2.47. The van der Waals surface area contributed by atoms with Gasteiger partial charge in [-0.3, -0.25) is 14.3 Å². The third-order valence-electron chi connectivity index (χ3n) is 4.30. The lowest BCUT2D eigenvalue weighted by atomic mass is 10.1. The van der Waals surface area contributed by atoms with Crippen LogP contribution in [0, 0.1) is 13.8 Å². The van der Waals surface area contributed by atoms with E-state index < -0.39 is 6.04 Å². The van der Waals surface area contributed by atoms with Crippen LogP contribution in [-0.2, 0) is 11.3 Å². The SMILES string of the molecule is CSCCC(NC(=O)c1ccccc1Cl)C(=O)NCCCn1nc(C)cc1C. The van der Waals surface area contributed by atoms with Crippen LogP contribution in [0.2, 0.25) is 5.02 Å². The average Bonchev–Trinajstić information content (AvgIpc) is 2.99. The Morgan fingerprint density at radius 2 is 2.04 bits per heavy atom. The van der Waals surface area contributed by atoms with Crippen molar-refractivity contribution in [3.8, 4) is 0 Å². The minimum absolute atomic E-state index is 0.178. The fraction of sp³-hybridized carbons (Fsp3) is 0.450. The Balaban J connectivity index is 1.88. The highest BCUT2D eigenvalue weighted by molar-refractivity contribution is 7.98. The third kappa shape index (κ3) is 6.56. The zero-order valence-corrected chi connectivity index (χ0v) is 18.1. The van der Waals surface area contributed by atoms with E-state index in [2.05, 4.69) is 15.7 Å². The third-order valence-corrected chi connectivity index (χ3v) is 5.27. The molecule has 0 saturated heterocycles. The number of amides is 2. The lowest BCUT2D eigenvalue weighted by Gasteiger charge is -2.18. The van der Waals surface area contributed by atoms with Crippen molar-refractivity contribution in [2.75, 3.05) is 18.6 Å². The van der Waals surface area contributed by atoms with Crippen molar-refractivity contribution in [2.24, 2.45) is 0 Å². The van der Waals surface area contributed by atoms with Gasteiger partial charge in [-0.2, -0.15) is 16.9 Å². The van der Waals surface area contributed by atoms with E-state index >= 15 is 0 Å². The molecule has 28 heavy (non-hydrogen) atoms. The number of thioether (sulfide) groups is 1. The van der Waals surface area contributed by atoms with Crippen LogP contribution < -0.4 is 10.6 Å². The molecule has 2 aromatic rings. The number of halogens is 1. The maximum atomic E-state index is 12.6. The van der Waals surface area contributed by atoms with Crippen molar-refractivity contribution < 1.29 is 9.59 Å². The van der Waals surface area contributed by atoms with Gasteiger partial charge in [0.1, 0.15) is 6.04 Å². The van der Waals surface area contributed by atoms with Gasteiger partial charge < -0.3 is 10.6 Å². The molecule has 0 fully saturated rings. The molecule has 0 bridgehead atoms. The van der Waals surface area contributed by atoms with Crippen LogP contribution in [0.1, 0.15) is 34.6 Å². The molecule has 0 radical (unpaired) electrons. The number of aryl methyl sites for hydroxylation is 3. The van der Waals surface area contributed by atoms with E-state index in [1.807, 2.05) is 30.9 Å². The molecule has 2 N–H and O–H groups in total. The van der Waals surface area contributed by atoms with Gasteiger partial charge >= 0.3 is 0 Å². The van der Waals surface area contributed by atoms with E-state index in [0.717, 1.165) is 30.1 Å². The highest BCUT2D eigenvalue weighted by Gasteiger charge is 2.21. The molecule has 0 aliphatic heterocycles. The summed E-state index contributed by atoms with van der Waals surface area (Å²) < 4.78 is 1.94. The van der Waals surface area contributed by atoms with Crippen LogP contribution >= 0.6 is 23.4 Å². The predicted octanol–water partition coefficient (Wildman–Crippen LogP) is 3.21. The van der Waals surface area contributed by atoms with Crippen molar-refractivity contribution in [1.82, 2.24) is 20.4 Å². The van der Waals surface area contributed by atoms with Crippen LogP contribution in [0.25, 0.3) is 0 Å². The molecule has 2 amide bonds. The first-order chi connectivity index (χ1) is 13.4. The van der Waals surface area contributed by atoms with Crippen LogP contribution in [0.4, 0.5) is 0 Å². The van der Waals surface area contributed by atoms with Crippen LogP contribution in [0.15, 0.2) is 30.3 Å². The monoisotopic (exact) mass is 422 g/mol. The first kappa shape index (κ1) is 22.3. The number of carbonyl (C=O) groups is 2. The Morgan fingerprint density at radius 3 is 2.68 bits per heavy atom. The Hall–Kier alpha value is -1.99. The van der Waals surface area contributed by atoms with Crippen molar-refractivity contribution >= 4 is 35.2 Å². The maximum Gasteiger partial charge on any atom is 0.253 e. The smallest absolute Gasteiger partial charge is 0.253 e. The minimum Gasteiger partial charge on any atom is -0.354 e. The summed E-state index contributed by atoms with van der Waals surface area (Å²) in [5.41, 5.74) is 2.46. The molecule has 6 nitrogen and oxygen atoms in total. The van der Waals surface area contributed by atoms with Gasteiger partial charge in [-0.25, -0.2) is 0 Å². The number of nitrogens with zero attached hydrogens (tertiary/aromatic N) is 2. The normalized spacial score (nSPS) is 11.9. The van der Waals surface area contributed by atoms with Crippen LogP contribution in [-0.4, -0.2) is 46.2 Å². The second-order valence-electron chi connectivity index (χ2n) is 6.58. The predicted molar refractivity (Wildman–Crippen MR) is 115 cm³/mol. The molecule has 1 unspecified atom stereocenters. The van der Waals surface area contributed by atoms with Crippen molar-refractivity contribution in [2.45, 2.75) is 39.3 Å². The number of rotatable bonds is 10. The molecule has 152 valence electrons. The summed E-state index contributed by atoms with van der Waals surface area (Å²) in [5.74, 6) is 0.254. The topological polar surface area (TPSA) is 76.0 Å². The molecule has 0 aliphatic rings. The highest BCUT2D eigenvalue weighted by Crippen LogP contribution is 2.15. The number of hydrogen-bond donors (Lipinski definition) is 2. The lowest BCUT2D eigenvalue weighted by molar-refractivity contribution is -0.123. The molecule has 8 heteroatoms. The molecular formula is C20H27ClN4O2S. The summed E-state index contributed by atoms with van der Waals surface area (Å²) in [6.45, 7) is 5.24. The quantitative estimate of drug-likeness (QED) is 0.576. The number of benzene rings is 1. The fourth-order valence-corrected chi connectivity index (χ4v) is 3.54. The Labute approximate surface area is 175 Å². The van der Waals surface area contributed by atoms with Gasteiger partial charge in [-0.1, -0.05) is 23.7 Å².